The van der Waals surface area contributed by atoms with Crippen LogP contribution in [0.3, 0.4) is 0 Å². The van der Waals surface area contributed by atoms with Gasteiger partial charge in [-0.15, -0.1) is 5.54 Å². The molecule has 0 saturated heterocycles. The van der Waals surface area contributed by atoms with Gasteiger partial charge in [0.2, 0.25) is 5.78 Å². The molecule has 86 valence electrons. The van der Waals surface area contributed by atoms with Crippen LogP contribution in [0.4, 0.5) is 0 Å². The molecule has 0 amide bonds. The molecule has 0 aromatic heterocycles. The van der Waals surface area contributed by atoms with Crippen molar-refractivity contribution < 1.29 is 4.79 Å². The molecule has 15 heavy (non-hydrogen) atoms. The lowest BCUT2D eigenvalue weighted by molar-refractivity contribution is -0.114. The highest BCUT2D eigenvalue weighted by molar-refractivity contribution is 6.84. The smallest absolute Gasteiger partial charge is 0.205 e. The Morgan fingerprint density at radius 3 is 2.40 bits per heavy atom. The minimum absolute atomic E-state index is 0.126. The molecule has 0 aliphatic heterocycles. The van der Waals surface area contributed by atoms with Gasteiger partial charge < -0.3 is 0 Å². The summed E-state index contributed by atoms with van der Waals surface area (Å²) in [6.07, 6.45) is 4.21. The second kappa shape index (κ2) is 6.84. The van der Waals surface area contributed by atoms with E-state index < -0.39 is 8.07 Å². The maximum Gasteiger partial charge on any atom is 0.205 e. The molecule has 0 heterocycles. The fraction of sp³-hybridized carbons (Fsp3) is 0.769. The van der Waals surface area contributed by atoms with Crippen molar-refractivity contribution in [3.05, 3.63) is 0 Å². The van der Waals surface area contributed by atoms with Gasteiger partial charge in [0.05, 0.1) is 0 Å². The summed E-state index contributed by atoms with van der Waals surface area (Å²) < 4.78 is 0. The molecule has 0 aromatic carbocycles. The monoisotopic (exact) mass is 224 g/mol. The lowest BCUT2D eigenvalue weighted by Crippen LogP contribution is -2.17. The third kappa shape index (κ3) is 9.74. The Balaban J connectivity index is 3.97. The van der Waals surface area contributed by atoms with Crippen LogP contribution in [0, 0.1) is 17.4 Å². The van der Waals surface area contributed by atoms with Gasteiger partial charge in [-0.05, 0) is 11.8 Å². The summed E-state index contributed by atoms with van der Waals surface area (Å²) >= 11 is 0. The minimum atomic E-state index is -1.38. The zero-order chi connectivity index (χ0) is 11.9. The molecule has 0 aromatic rings. The number of hydrogen-bond acceptors (Lipinski definition) is 1. The number of carbonyl (C=O) groups excluding carboxylic acids is 1. The van der Waals surface area contributed by atoms with Crippen LogP contribution in [0.2, 0.25) is 19.6 Å². The van der Waals surface area contributed by atoms with Gasteiger partial charge in [0.1, 0.15) is 8.07 Å². The number of Topliss-reactive ketones (excluding diaryl/α,β-unsaturated/α-hetero) is 1. The second-order valence-corrected chi connectivity index (χ2v) is 10.1. The summed E-state index contributed by atoms with van der Waals surface area (Å²) in [5.74, 6) is 3.42. The van der Waals surface area contributed by atoms with E-state index in [0.717, 1.165) is 6.42 Å². The first-order chi connectivity index (χ1) is 6.85. The molecule has 1 atom stereocenters. The van der Waals surface area contributed by atoms with E-state index in [1.54, 1.807) is 0 Å². The molecule has 0 N–H and O–H groups in total. The van der Waals surface area contributed by atoms with Crippen LogP contribution in [0.5, 0.6) is 0 Å². The van der Waals surface area contributed by atoms with Crippen LogP contribution in [0.25, 0.3) is 0 Å². The van der Waals surface area contributed by atoms with Gasteiger partial charge in [-0.1, -0.05) is 52.8 Å². The summed E-state index contributed by atoms with van der Waals surface area (Å²) in [6, 6.07) is 0. The van der Waals surface area contributed by atoms with Gasteiger partial charge in [0.15, 0.2) is 0 Å². The topological polar surface area (TPSA) is 17.1 Å². The van der Waals surface area contributed by atoms with Crippen molar-refractivity contribution in [1.29, 1.82) is 0 Å². The predicted octanol–water partition coefficient (Wildman–Crippen LogP) is 3.65. The molecule has 0 aliphatic rings. The van der Waals surface area contributed by atoms with Crippen LogP contribution in [0.1, 0.15) is 39.5 Å². The standard InChI is InChI=1S/C13H24OSi/c1-6-7-8-12(2)11-13(14)9-10-15(3,4)5/h12H,6-8,11H2,1-5H3. The maximum absolute atomic E-state index is 11.5. The molecule has 0 saturated carbocycles. The summed E-state index contributed by atoms with van der Waals surface area (Å²) in [5.41, 5.74) is 3.12. The van der Waals surface area contributed by atoms with E-state index in [4.69, 9.17) is 0 Å². The fourth-order valence-corrected chi connectivity index (χ4v) is 1.79. The first kappa shape index (κ1) is 14.4. The molecule has 0 spiro atoms. The molecule has 0 aliphatic carbocycles. The summed E-state index contributed by atoms with van der Waals surface area (Å²) in [7, 11) is -1.38. The van der Waals surface area contributed by atoms with E-state index in [1.807, 2.05) is 0 Å². The van der Waals surface area contributed by atoms with Crippen LogP contribution in [0.15, 0.2) is 0 Å². The number of rotatable bonds is 5. The Hall–Kier alpha value is -0.553. The van der Waals surface area contributed by atoms with E-state index in [0.29, 0.717) is 12.3 Å². The number of hydrogen-bond donors (Lipinski definition) is 0. The van der Waals surface area contributed by atoms with E-state index >= 15 is 0 Å². The van der Waals surface area contributed by atoms with Crippen molar-refractivity contribution >= 4 is 13.9 Å². The Bertz CT molecular complexity index is 252. The molecular formula is C13H24OSi. The largest absolute Gasteiger partial charge is 0.285 e. The van der Waals surface area contributed by atoms with Crippen molar-refractivity contribution in [1.82, 2.24) is 0 Å². The summed E-state index contributed by atoms with van der Waals surface area (Å²) in [5, 5.41) is 0. The van der Waals surface area contributed by atoms with Crippen LogP contribution in [-0.4, -0.2) is 13.9 Å². The fourth-order valence-electron chi connectivity index (χ4n) is 1.28. The second-order valence-electron chi connectivity index (χ2n) is 5.37. The third-order valence-electron chi connectivity index (χ3n) is 2.16. The van der Waals surface area contributed by atoms with Gasteiger partial charge in [-0.25, -0.2) is 0 Å². The first-order valence-electron chi connectivity index (χ1n) is 5.91. The Morgan fingerprint density at radius 1 is 1.33 bits per heavy atom. The van der Waals surface area contributed by atoms with Crippen molar-refractivity contribution in [2.45, 2.75) is 59.2 Å². The Labute approximate surface area is 95.7 Å². The van der Waals surface area contributed by atoms with E-state index in [-0.39, 0.29) is 5.78 Å². The lowest BCUT2D eigenvalue weighted by Gasteiger charge is -2.07. The maximum atomic E-state index is 11.5. The molecule has 0 bridgehead atoms. The molecule has 2 heteroatoms. The molecule has 0 radical (unpaired) electrons. The van der Waals surface area contributed by atoms with E-state index in [9.17, 15) is 4.79 Å². The highest BCUT2D eigenvalue weighted by Gasteiger charge is 2.10. The van der Waals surface area contributed by atoms with Crippen molar-refractivity contribution in [2.24, 2.45) is 5.92 Å². The lowest BCUT2D eigenvalue weighted by atomic mass is 9.99. The predicted molar refractivity (Wildman–Crippen MR) is 69.4 cm³/mol. The van der Waals surface area contributed by atoms with Crippen molar-refractivity contribution in [3.63, 3.8) is 0 Å². The van der Waals surface area contributed by atoms with Crippen LogP contribution in [-0.2, 0) is 4.79 Å². The average molecular weight is 224 g/mol. The minimum Gasteiger partial charge on any atom is -0.285 e. The number of carbonyl (C=O) groups is 1. The summed E-state index contributed by atoms with van der Waals surface area (Å²) in [6.45, 7) is 10.8. The number of unbranched alkanes of at least 4 members (excludes halogenated alkanes) is 1. The quantitative estimate of drug-likeness (QED) is 0.514. The van der Waals surface area contributed by atoms with Crippen LogP contribution < -0.4 is 0 Å². The van der Waals surface area contributed by atoms with Gasteiger partial charge in [0.25, 0.3) is 0 Å². The average Bonchev–Trinajstić information content (AvgIpc) is 2.10. The van der Waals surface area contributed by atoms with Gasteiger partial charge in [-0.2, -0.15) is 0 Å². The summed E-state index contributed by atoms with van der Waals surface area (Å²) in [4.78, 5) is 11.5. The molecule has 1 unspecified atom stereocenters. The van der Waals surface area contributed by atoms with Gasteiger partial charge >= 0.3 is 0 Å². The molecule has 1 nitrogen and oxygen atoms in total. The molecular weight excluding hydrogens is 200 g/mol. The Morgan fingerprint density at radius 2 is 1.93 bits per heavy atom. The van der Waals surface area contributed by atoms with Crippen molar-refractivity contribution in [2.75, 3.05) is 0 Å². The van der Waals surface area contributed by atoms with Gasteiger partial charge in [-0.3, -0.25) is 4.79 Å². The Kier molecular flexibility index (Phi) is 6.59. The molecule has 0 rings (SSSR count). The zero-order valence-corrected chi connectivity index (χ0v) is 11.8. The van der Waals surface area contributed by atoms with Gasteiger partial charge in [0, 0.05) is 6.42 Å². The third-order valence-corrected chi connectivity index (χ3v) is 3.04. The van der Waals surface area contributed by atoms with E-state index in [1.165, 1.54) is 12.8 Å². The number of ketones is 1. The highest BCUT2D eigenvalue weighted by atomic mass is 28.3. The molecule has 0 fully saturated rings. The van der Waals surface area contributed by atoms with E-state index in [2.05, 4.69) is 45.0 Å². The SMILES string of the molecule is CCCCC(C)CC(=O)C#C[Si](C)(C)C. The van der Waals surface area contributed by atoms with Crippen LogP contribution >= 0.6 is 0 Å². The van der Waals surface area contributed by atoms with Crippen molar-refractivity contribution in [3.8, 4) is 11.5 Å². The zero-order valence-electron chi connectivity index (χ0n) is 10.8. The normalized spacial score (nSPS) is 12.9. The first-order valence-corrected chi connectivity index (χ1v) is 9.41. The highest BCUT2D eigenvalue weighted by Crippen LogP contribution is 2.11.